The van der Waals surface area contributed by atoms with Crippen LogP contribution in [0, 0.1) is 0 Å². The maximum absolute atomic E-state index is 12.7. The highest BCUT2D eigenvalue weighted by Crippen LogP contribution is 2.28. The summed E-state index contributed by atoms with van der Waals surface area (Å²) in [4.78, 5) is 38.5. The Hall–Kier alpha value is -2.80. The average molecular weight is 352 g/mol. The molecule has 1 atom stereocenters. The predicted octanol–water partition coefficient (Wildman–Crippen LogP) is -0.318. The van der Waals surface area contributed by atoms with Crippen LogP contribution in [-0.4, -0.2) is 59.5 Å². The third kappa shape index (κ3) is 3.30. The second kappa shape index (κ2) is 7.21. The molecule has 4 rings (SSSR count). The molecule has 2 aromatic rings. The number of aromatic nitrogens is 2. The Bertz CT molecular complexity index is 775. The van der Waals surface area contributed by atoms with Crippen LogP contribution in [0.1, 0.15) is 17.9 Å². The van der Waals surface area contributed by atoms with E-state index in [1.54, 1.807) is 18.5 Å². The lowest BCUT2D eigenvalue weighted by atomic mass is 9.98. The summed E-state index contributed by atoms with van der Waals surface area (Å²) in [6.07, 6.45) is 3.76. The fraction of sp³-hybridized carbons (Fsp3) is 0.368. The molecule has 0 aliphatic carbocycles. The number of rotatable bonds is 4. The summed E-state index contributed by atoms with van der Waals surface area (Å²) in [6.45, 7) is 3.79. The van der Waals surface area contributed by atoms with Crippen molar-refractivity contribution in [3.8, 4) is 0 Å². The molecule has 0 saturated carbocycles. The first-order chi connectivity index (χ1) is 12.7. The maximum Gasteiger partial charge on any atom is 0.241 e. The second-order valence-corrected chi connectivity index (χ2v) is 6.77. The van der Waals surface area contributed by atoms with E-state index in [1.807, 2.05) is 30.3 Å². The Kier molecular flexibility index (Phi) is 4.62. The van der Waals surface area contributed by atoms with Gasteiger partial charge in [-0.15, -0.1) is 0 Å². The Labute approximate surface area is 152 Å². The van der Waals surface area contributed by atoms with Crippen molar-refractivity contribution in [3.05, 3.63) is 54.4 Å². The van der Waals surface area contributed by atoms with Gasteiger partial charge in [0, 0.05) is 18.8 Å². The van der Waals surface area contributed by atoms with Crippen LogP contribution in [0.25, 0.3) is 0 Å². The van der Waals surface area contributed by atoms with Gasteiger partial charge in [0.25, 0.3) is 0 Å². The molecule has 26 heavy (non-hydrogen) atoms. The molecular weight excluding hydrogens is 330 g/mol. The summed E-state index contributed by atoms with van der Waals surface area (Å²) in [7, 11) is 0. The minimum absolute atomic E-state index is 0.0647. The number of piperazine rings is 1. The third-order valence-electron chi connectivity index (χ3n) is 5.13. The fourth-order valence-electron chi connectivity index (χ4n) is 3.65. The third-order valence-corrected chi connectivity index (χ3v) is 5.13. The van der Waals surface area contributed by atoms with Crippen LogP contribution in [0.4, 0.5) is 5.95 Å². The summed E-state index contributed by atoms with van der Waals surface area (Å²) in [5.41, 5.74) is 0.925. The van der Waals surface area contributed by atoms with E-state index in [-0.39, 0.29) is 24.2 Å². The summed E-state index contributed by atoms with van der Waals surface area (Å²) >= 11 is 0. The summed E-state index contributed by atoms with van der Waals surface area (Å²) in [6, 6.07) is 11.4. The molecule has 1 aromatic carbocycles. The van der Waals surface area contributed by atoms with E-state index >= 15 is 0 Å². The molecule has 134 valence electrons. The van der Waals surface area contributed by atoms with E-state index in [1.165, 1.54) is 9.80 Å². The fourth-order valence-corrected chi connectivity index (χ4v) is 3.65. The van der Waals surface area contributed by atoms with E-state index in [2.05, 4.69) is 14.9 Å². The van der Waals surface area contributed by atoms with Gasteiger partial charge in [0.05, 0.1) is 32.1 Å². The SMILES string of the molecule is O=C1C[C@@H](c2ccccc2)C(=O)N1C[NH+]1CCN(c2ncccn2)CC1. The highest BCUT2D eigenvalue weighted by atomic mass is 16.2. The zero-order valence-electron chi connectivity index (χ0n) is 14.5. The molecule has 2 aliphatic heterocycles. The van der Waals surface area contributed by atoms with E-state index in [4.69, 9.17) is 0 Å². The molecule has 0 spiro atoms. The van der Waals surface area contributed by atoms with Gasteiger partial charge >= 0.3 is 0 Å². The van der Waals surface area contributed by atoms with Gasteiger partial charge in [-0.1, -0.05) is 30.3 Å². The molecule has 2 amide bonds. The van der Waals surface area contributed by atoms with Gasteiger partial charge in [-0.25, -0.2) is 14.9 Å². The summed E-state index contributed by atoms with van der Waals surface area (Å²) in [5.74, 6) is 0.277. The van der Waals surface area contributed by atoms with Crippen LogP contribution in [0.5, 0.6) is 0 Å². The number of carbonyl (C=O) groups excluding carboxylic acids is 2. The first kappa shape index (κ1) is 16.7. The van der Waals surface area contributed by atoms with Gasteiger partial charge in [-0.2, -0.15) is 0 Å². The second-order valence-electron chi connectivity index (χ2n) is 6.77. The average Bonchev–Trinajstić information content (AvgIpc) is 2.98. The number of benzene rings is 1. The molecule has 0 radical (unpaired) electrons. The largest absolute Gasteiger partial charge is 0.330 e. The smallest absolute Gasteiger partial charge is 0.241 e. The predicted molar refractivity (Wildman–Crippen MR) is 95.5 cm³/mol. The minimum Gasteiger partial charge on any atom is -0.330 e. The van der Waals surface area contributed by atoms with E-state index in [9.17, 15) is 9.59 Å². The number of nitrogens with zero attached hydrogens (tertiary/aromatic N) is 4. The number of quaternary nitrogens is 1. The van der Waals surface area contributed by atoms with Crippen molar-refractivity contribution >= 4 is 17.8 Å². The lowest BCUT2D eigenvalue weighted by Crippen LogP contribution is -3.16. The zero-order chi connectivity index (χ0) is 17.9. The molecule has 3 heterocycles. The standard InChI is InChI=1S/C19H21N5O2/c25-17-13-16(15-5-2-1-3-6-15)18(26)24(17)14-22-9-11-23(12-10-22)19-20-7-4-8-21-19/h1-8,16H,9-14H2/p+1/t16-/m0/s1. The lowest BCUT2D eigenvalue weighted by molar-refractivity contribution is -0.907. The van der Waals surface area contributed by atoms with Crippen molar-refractivity contribution in [2.24, 2.45) is 0 Å². The maximum atomic E-state index is 12.7. The number of likely N-dealkylation sites (tertiary alicyclic amines) is 1. The van der Waals surface area contributed by atoms with Crippen LogP contribution in [-0.2, 0) is 9.59 Å². The minimum atomic E-state index is -0.331. The quantitative estimate of drug-likeness (QED) is 0.764. The van der Waals surface area contributed by atoms with Crippen molar-refractivity contribution in [2.45, 2.75) is 12.3 Å². The van der Waals surface area contributed by atoms with Gasteiger partial charge in [0.2, 0.25) is 17.8 Å². The van der Waals surface area contributed by atoms with Crippen molar-refractivity contribution in [1.29, 1.82) is 0 Å². The van der Waals surface area contributed by atoms with Crippen LogP contribution >= 0.6 is 0 Å². The van der Waals surface area contributed by atoms with Gasteiger partial charge in [-0.05, 0) is 11.6 Å². The summed E-state index contributed by atoms with van der Waals surface area (Å²) < 4.78 is 0. The van der Waals surface area contributed by atoms with E-state index in [0.717, 1.165) is 37.7 Å². The summed E-state index contributed by atoms with van der Waals surface area (Å²) in [5, 5.41) is 0. The Morgan fingerprint density at radius 3 is 2.38 bits per heavy atom. The molecule has 0 bridgehead atoms. The van der Waals surface area contributed by atoms with Crippen LogP contribution in [0.2, 0.25) is 0 Å². The van der Waals surface area contributed by atoms with Crippen LogP contribution in [0.3, 0.4) is 0 Å². The lowest BCUT2D eigenvalue weighted by Gasteiger charge is -2.33. The highest BCUT2D eigenvalue weighted by Gasteiger charge is 2.41. The van der Waals surface area contributed by atoms with E-state index < -0.39 is 0 Å². The van der Waals surface area contributed by atoms with Gasteiger partial charge < -0.3 is 9.80 Å². The van der Waals surface area contributed by atoms with Crippen LogP contribution in [0.15, 0.2) is 48.8 Å². The number of hydrogen-bond acceptors (Lipinski definition) is 5. The van der Waals surface area contributed by atoms with E-state index in [0.29, 0.717) is 6.67 Å². The first-order valence-electron chi connectivity index (χ1n) is 8.97. The van der Waals surface area contributed by atoms with Gasteiger partial charge in [0.15, 0.2) is 6.67 Å². The zero-order valence-corrected chi connectivity index (χ0v) is 14.5. The molecular formula is C19H22N5O2+. The van der Waals surface area contributed by atoms with Gasteiger partial charge in [-0.3, -0.25) is 9.59 Å². The normalized spacial score (nSPS) is 21.5. The molecule has 7 nitrogen and oxygen atoms in total. The Morgan fingerprint density at radius 1 is 1.00 bits per heavy atom. The Morgan fingerprint density at radius 2 is 1.69 bits per heavy atom. The number of amides is 2. The monoisotopic (exact) mass is 352 g/mol. The number of hydrogen-bond donors (Lipinski definition) is 1. The topological polar surface area (TPSA) is 70.8 Å². The molecule has 2 aliphatic rings. The highest BCUT2D eigenvalue weighted by molar-refractivity contribution is 6.06. The molecule has 1 aromatic heterocycles. The number of anilines is 1. The molecule has 2 fully saturated rings. The van der Waals surface area contributed by atoms with Crippen molar-refractivity contribution in [1.82, 2.24) is 14.9 Å². The van der Waals surface area contributed by atoms with Gasteiger partial charge in [0.1, 0.15) is 0 Å². The molecule has 2 saturated heterocycles. The molecule has 0 unspecified atom stereocenters. The number of carbonyl (C=O) groups is 2. The number of nitrogens with one attached hydrogen (secondary N) is 1. The number of imide groups is 1. The van der Waals surface area contributed by atoms with Crippen molar-refractivity contribution in [3.63, 3.8) is 0 Å². The molecule has 1 N–H and O–H groups in total. The Balaban J connectivity index is 1.36. The molecule has 7 heteroatoms. The van der Waals surface area contributed by atoms with Crippen molar-refractivity contribution < 1.29 is 14.5 Å². The first-order valence-corrected chi connectivity index (χ1v) is 8.97. The van der Waals surface area contributed by atoms with Crippen LogP contribution < -0.4 is 9.80 Å². The van der Waals surface area contributed by atoms with Crippen molar-refractivity contribution in [2.75, 3.05) is 37.7 Å².